The van der Waals surface area contributed by atoms with E-state index in [0.29, 0.717) is 22.5 Å². The van der Waals surface area contributed by atoms with Crippen LogP contribution >= 0.6 is 0 Å². The number of hydrogen-bond acceptors (Lipinski definition) is 16. The Balaban J connectivity index is 0.835. The van der Waals surface area contributed by atoms with Crippen LogP contribution < -0.4 is 10.1 Å². The van der Waals surface area contributed by atoms with Crippen LogP contribution in [0.5, 0.6) is 17.2 Å². The molecule has 3 aliphatic rings. The van der Waals surface area contributed by atoms with E-state index >= 15 is 0 Å². The molecule has 6 aromatic rings. The van der Waals surface area contributed by atoms with Crippen molar-refractivity contribution < 1.29 is 68.3 Å². The Morgan fingerprint density at radius 1 is 0.800 bits per heavy atom. The zero-order valence-electron chi connectivity index (χ0n) is 41.9. The SMILES string of the molecule is COc1cccc2c1C(=O)c1c(O)c3c(c(O)c1C2=O)C[C@](O)(C(C)=O)C[C@@H]3OC1CC(NCc2ccc(CC(=O)c3cc(CC(=O)c4cc(CC(=O)c5cc([N+](=O)[O-])cn5C)cn4C)cn3C)cc2)C(O)C(C)O1. The number of rotatable bonds is 17. The molecule has 20 heteroatoms. The number of ketones is 6. The van der Waals surface area contributed by atoms with Crippen LogP contribution in [-0.2, 0) is 67.6 Å². The van der Waals surface area contributed by atoms with Gasteiger partial charge in [-0.1, -0.05) is 36.4 Å². The molecule has 5 N–H and O–H groups in total. The normalized spacial score (nSPS) is 21.0. The number of nitrogens with one attached hydrogen (secondary N) is 1. The highest BCUT2D eigenvalue weighted by molar-refractivity contribution is 6.31. The second kappa shape index (κ2) is 20.1. The number of carbonyl (C=O) groups is 6. The molecule has 75 heavy (non-hydrogen) atoms. The van der Waals surface area contributed by atoms with Gasteiger partial charge in [0, 0.05) is 107 Å². The average molecular weight is 1030 g/mol. The van der Waals surface area contributed by atoms with Crippen molar-refractivity contribution in [2.45, 2.75) is 95.2 Å². The highest BCUT2D eigenvalue weighted by Crippen LogP contribution is 2.52. The summed E-state index contributed by atoms with van der Waals surface area (Å²) in [7, 11) is 6.30. The monoisotopic (exact) mass is 1030 g/mol. The molecule has 2 aliphatic carbocycles. The van der Waals surface area contributed by atoms with E-state index in [9.17, 15) is 59.3 Å². The number of phenolic OH excluding ortho intramolecular Hbond substituents is 2. The van der Waals surface area contributed by atoms with Crippen LogP contribution in [0, 0.1) is 10.1 Å². The molecule has 1 aliphatic heterocycles. The van der Waals surface area contributed by atoms with E-state index in [2.05, 4.69) is 5.32 Å². The van der Waals surface area contributed by atoms with Crippen molar-refractivity contribution in [2.75, 3.05) is 7.11 Å². The number of methoxy groups -OCH3 is 1. The topological polar surface area (TPSA) is 281 Å². The van der Waals surface area contributed by atoms with E-state index in [1.54, 1.807) is 61.7 Å². The predicted molar refractivity (Wildman–Crippen MR) is 266 cm³/mol. The number of aryl methyl sites for hydroxylation is 3. The number of aliphatic hydroxyl groups excluding tert-OH is 1. The van der Waals surface area contributed by atoms with E-state index < -0.39 is 94.0 Å². The van der Waals surface area contributed by atoms with Crippen LogP contribution in [0.2, 0.25) is 0 Å². The molecule has 3 aromatic heterocycles. The first-order valence-corrected chi connectivity index (χ1v) is 24.2. The lowest BCUT2D eigenvalue weighted by Crippen LogP contribution is -2.54. The van der Waals surface area contributed by atoms with E-state index in [1.165, 1.54) is 49.1 Å². The molecule has 0 bridgehead atoms. The summed E-state index contributed by atoms with van der Waals surface area (Å²) < 4.78 is 22.6. The molecule has 0 radical (unpaired) electrons. The maximum Gasteiger partial charge on any atom is 0.287 e. The molecular weight excluding hydrogens is 971 g/mol. The predicted octanol–water partition coefficient (Wildman–Crippen LogP) is 5.06. The molecular formula is C55H55N5O15. The highest BCUT2D eigenvalue weighted by atomic mass is 16.7. The third-order valence-electron chi connectivity index (χ3n) is 14.6. The minimum atomic E-state index is -2.10. The lowest BCUT2D eigenvalue weighted by Gasteiger charge is -2.43. The number of aromatic nitrogens is 3. The zero-order valence-corrected chi connectivity index (χ0v) is 41.9. The van der Waals surface area contributed by atoms with E-state index in [4.69, 9.17) is 14.2 Å². The maximum absolute atomic E-state index is 14.1. The molecule has 0 amide bonds. The molecule has 20 nitrogen and oxygen atoms in total. The molecule has 4 unspecified atom stereocenters. The first kappa shape index (κ1) is 52.0. The molecule has 390 valence electrons. The first-order valence-electron chi connectivity index (χ1n) is 24.2. The summed E-state index contributed by atoms with van der Waals surface area (Å²) in [6, 6.07) is 15.6. The molecule has 1 fully saturated rings. The van der Waals surface area contributed by atoms with Gasteiger partial charge in [-0.15, -0.1) is 0 Å². The van der Waals surface area contributed by atoms with Gasteiger partial charge in [0.05, 0.1) is 70.3 Å². The number of Topliss-reactive ketones (excluding diaryl/α,β-unsaturated/α-hetero) is 4. The van der Waals surface area contributed by atoms with Crippen LogP contribution in [-0.4, -0.2) is 111 Å². The number of carbonyl (C=O) groups excluding carboxylic acids is 6. The number of nitrogens with zero attached hydrogens (tertiary/aromatic N) is 4. The Hall–Kier alpha value is -7.88. The number of hydrogen-bond donors (Lipinski definition) is 5. The number of nitro groups is 1. The fraction of sp³-hybridized carbons (Fsp3) is 0.345. The van der Waals surface area contributed by atoms with Crippen LogP contribution in [0.15, 0.2) is 79.3 Å². The van der Waals surface area contributed by atoms with Crippen LogP contribution in [0.3, 0.4) is 0 Å². The van der Waals surface area contributed by atoms with Gasteiger partial charge in [0.1, 0.15) is 22.8 Å². The quantitative estimate of drug-likeness (QED) is 0.0345. The van der Waals surface area contributed by atoms with Gasteiger partial charge in [0.25, 0.3) is 5.69 Å². The lowest BCUT2D eigenvalue weighted by molar-refractivity contribution is -0.384. The van der Waals surface area contributed by atoms with Gasteiger partial charge >= 0.3 is 0 Å². The third kappa shape index (κ3) is 9.73. The lowest BCUT2D eigenvalue weighted by atomic mass is 9.72. The molecule has 3 aromatic carbocycles. The van der Waals surface area contributed by atoms with Gasteiger partial charge in [-0.25, -0.2) is 0 Å². The highest BCUT2D eigenvalue weighted by Gasteiger charge is 2.49. The number of fused-ring (bicyclic) bond motifs is 3. The van der Waals surface area contributed by atoms with Gasteiger partial charge < -0.3 is 53.7 Å². The number of benzene rings is 3. The summed E-state index contributed by atoms with van der Waals surface area (Å²) in [4.78, 5) is 91.6. The van der Waals surface area contributed by atoms with Crippen molar-refractivity contribution in [3.8, 4) is 17.2 Å². The molecule has 0 saturated carbocycles. The van der Waals surface area contributed by atoms with Gasteiger partial charge in [-0.3, -0.25) is 38.9 Å². The molecule has 4 heterocycles. The van der Waals surface area contributed by atoms with Crippen molar-refractivity contribution in [1.29, 1.82) is 0 Å². The van der Waals surface area contributed by atoms with Crippen molar-refractivity contribution in [3.63, 3.8) is 0 Å². The second-order valence-electron chi connectivity index (χ2n) is 19.7. The standard InChI is InChI=1S/C55H55N5O15/c1-27-50(65)36(20-45(74-27)75-44-22-55(70,28(2)61)21-35-47(44)54(69)49-48(52(35)67)51(66)34-8-7-9-43(73-6)46(34)53(49)68)56-23-30-12-10-29(11-13-30)16-40(62)37-14-31(24-57(37)3)17-41(63)38-15-32(25-58(38)4)18-42(64)39-19-33(60(71)72)26-59(39)5/h7-15,19,24-27,36,44-45,50,56,65,67,69-70H,16-18,20-23H2,1-6H3/t27?,36?,44-,45?,50?,55+/m0/s1. The third-order valence-corrected chi connectivity index (χ3v) is 14.6. The molecule has 1 saturated heterocycles. The largest absolute Gasteiger partial charge is 0.507 e. The molecule has 9 rings (SSSR count). The summed E-state index contributed by atoms with van der Waals surface area (Å²) in [6.07, 6.45) is -0.403. The Morgan fingerprint density at radius 2 is 1.36 bits per heavy atom. The number of ether oxygens (including phenoxy) is 3. The van der Waals surface area contributed by atoms with Crippen LogP contribution in [0.1, 0.15) is 129 Å². The smallest absolute Gasteiger partial charge is 0.287 e. The van der Waals surface area contributed by atoms with Crippen molar-refractivity contribution in [3.05, 3.63) is 162 Å². The second-order valence-corrected chi connectivity index (χ2v) is 19.7. The van der Waals surface area contributed by atoms with Gasteiger partial charge in [0.2, 0.25) is 5.78 Å². The zero-order chi connectivity index (χ0) is 53.9. The van der Waals surface area contributed by atoms with Crippen LogP contribution in [0.25, 0.3) is 0 Å². The number of phenols is 2. The van der Waals surface area contributed by atoms with Crippen LogP contribution in [0.4, 0.5) is 5.69 Å². The minimum Gasteiger partial charge on any atom is -0.507 e. The Morgan fingerprint density at radius 3 is 1.93 bits per heavy atom. The van der Waals surface area contributed by atoms with Crippen molar-refractivity contribution in [2.24, 2.45) is 21.1 Å². The van der Waals surface area contributed by atoms with E-state index in [0.717, 1.165) is 11.1 Å². The summed E-state index contributed by atoms with van der Waals surface area (Å²) in [5.41, 5.74) is 0.117. The number of aromatic hydroxyl groups is 2. The Labute approximate surface area is 429 Å². The number of aliphatic hydroxyl groups is 2. The Kier molecular flexibility index (Phi) is 13.9. The Bertz CT molecular complexity index is 3360. The molecule has 6 atom stereocenters. The fourth-order valence-corrected chi connectivity index (χ4v) is 10.6. The van der Waals surface area contributed by atoms with Gasteiger partial charge in [-0.05, 0) is 54.3 Å². The van der Waals surface area contributed by atoms with Gasteiger partial charge in [-0.2, -0.15) is 0 Å². The summed E-state index contributed by atoms with van der Waals surface area (Å²) >= 11 is 0. The van der Waals surface area contributed by atoms with Crippen molar-refractivity contribution in [1.82, 2.24) is 19.0 Å². The first-order chi connectivity index (χ1) is 35.6. The average Bonchev–Trinajstić information content (AvgIpc) is 4.07. The minimum absolute atomic E-state index is 0.00344. The maximum atomic E-state index is 14.1. The van der Waals surface area contributed by atoms with E-state index in [1.807, 2.05) is 24.3 Å². The summed E-state index contributed by atoms with van der Waals surface area (Å²) in [5.74, 6) is -4.16. The summed E-state index contributed by atoms with van der Waals surface area (Å²) in [5, 5.41) is 61.0. The van der Waals surface area contributed by atoms with Gasteiger partial charge in [0.15, 0.2) is 35.2 Å². The van der Waals surface area contributed by atoms with E-state index in [-0.39, 0.29) is 89.0 Å². The molecule has 0 spiro atoms. The van der Waals surface area contributed by atoms with Crippen molar-refractivity contribution >= 4 is 40.4 Å². The summed E-state index contributed by atoms with van der Waals surface area (Å²) in [6.45, 7) is 3.09. The fourth-order valence-electron chi connectivity index (χ4n) is 10.6.